The number of rotatable bonds is 6. The Morgan fingerprint density at radius 1 is 0.926 bits per heavy atom. The van der Waals surface area contributed by atoms with Crippen LogP contribution in [-0.2, 0) is 19.0 Å². The zero-order chi connectivity index (χ0) is 20.0. The predicted molar refractivity (Wildman–Crippen MR) is 104 cm³/mol. The number of carbonyl (C=O) groups is 1. The first-order valence-electron chi connectivity index (χ1n) is 8.89. The fraction of sp³-hybridized carbons (Fsp3) is 0.550. The third-order valence-electron chi connectivity index (χ3n) is 4.63. The molecule has 1 heterocycles. The molecule has 3 unspecified atom stereocenters. The molecule has 1 aromatic carbocycles. The van der Waals surface area contributed by atoms with Crippen LogP contribution in [0.25, 0.3) is 0 Å². The summed E-state index contributed by atoms with van der Waals surface area (Å²) in [5.74, 6) is 1.33. The lowest BCUT2D eigenvalue weighted by Gasteiger charge is -2.31. The van der Waals surface area contributed by atoms with Gasteiger partial charge in [-0.05, 0) is 23.6 Å². The molecule has 0 bridgehead atoms. The second kappa shape index (κ2) is 9.39. The van der Waals surface area contributed by atoms with Gasteiger partial charge in [-0.1, -0.05) is 26.0 Å². The summed E-state index contributed by atoms with van der Waals surface area (Å²) in [7, 11) is 6.14. The highest BCUT2D eigenvalue weighted by molar-refractivity contribution is 5.95. The molecule has 27 heavy (non-hydrogen) atoms. The number of hydrogen-bond donors (Lipinski definition) is 0. The maximum Gasteiger partial charge on any atom is 0.306 e. The van der Waals surface area contributed by atoms with E-state index in [0.717, 1.165) is 11.3 Å². The average Bonchev–Trinajstić information content (AvgIpc) is 2.70. The van der Waals surface area contributed by atoms with Gasteiger partial charge in [-0.25, -0.2) is 9.98 Å². The molecule has 1 aliphatic heterocycles. The number of carbonyl (C=O) groups excluding carboxylic acids is 1. The highest BCUT2D eigenvalue weighted by Gasteiger charge is 2.37. The molecule has 1 aromatic rings. The zero-order valence-corrected chi connectivity index (χ0v) is 16.8. The topological polar surface area (TPSA) is 78.7 Å². The van der Waals surface area contributed by atoms with Crippen molar-refractivity contribution in [2.75, 3.05) is 28.4 Å². The minimum atomic E-state index is -0.479. The second-order valence-electron chi connectivity index (χ2n) is 6.64. The van der Waals surface area contributed by atoms with Crippen LogP contribution in [0.5, 0.6) is 5.75 Å². The molecule has 0 radical (unpaired) electrons. The van der Waals surface area contributed by atoms with Crippen LogP contribution < -0.4 is 4.74 Å². The minimum absolute atomic E-state index is 0.142. The smallest absolute Gasteiger partial charge is 0.306 e. The lowest BCUT2D eigenvalue weighted by Crippen LogP contribution is -2.40. The number of methoxy groups -OCH3 is 4. The standard InChI is InChI=1S/C20H28N2O5/c1-12(2)17-19(26-5)22-18(20(21-17)27-6)15(11-16(23)25-4)13-7-9-14(24-3)10-8-13/h7-10,12,15,17-18H,11H2,1-6H3. The monoisotopic (exact) mass is 376 g/mol. The maximum absolute atomic E-state index is 12.1. The lowest BCUT2D eigenvalue weighted by molar-refractivity contribution is -0.141. The van der Waals surface area contributed by atoms with Gasteiger partial charge in [0.1, 0.15) is 17.8 Å². The molecule has 0 amide bonds. The van der Waals surface area contributed by atoms with Gasteiger partial charge in [0.25, 0.3) is 0 Å². The van der Waals surface area contributed by atoms with Gasteiger partial charge in [0.2, 0.25) is 11.8 Å². The van der Waals surface area contributed by atoms with Crippen molar-refractivity contribution in [2.45, 2.75) is 38.3 Å². The van der Waals surface area contributed by atoms with Crippen molar-refractivity contribution in [1.29, 1.82) is 0 Å². The van der Waals surface area contributed by atoms with Crippen LogP contribution in [0.2, 0.25) is 0 Å². The Labute approximate surface area is 160 Å². The van der Waals surface area contributed by atoms with Gasteiger partial charge in [0.05, 0.1) is 34.9 Å². The molecule has 0 aliphatic carbocycles. The molecular weight excluding hydrogens is 348 g/mol. The maximum atomic E-state index is 12.1. The van der Waals surface area contributed by atoms with Crippen LogP contribution in [0.1, 0.15) is 31.7 Å². The third kappa shape index (κ3) is 4.78. The molecule has 0 aromatic heterocycles. The second-order valence-corrected chi connectivity index (χ2v) is 6.64. The molecular formula is C20H28N2O5. The van der Waals surface area contributed by atoms with Gasteiger partial charge in [-0.15, -0.1) is 0 Å². The SMILES string of the molecule is COC(=O)CC(c1ccc(OC)cc1)C1N=C(OC)C(C(C)C)N=C1OC. The fourth-order valence-electron chi connectivity index (χ4n) is 3.11. The largest absolute Gasteiger partial charge is 0.497 e. The number of hydrogen-bond acceptors (Lipinski definition) is 7. The van der Waals surface area contributed by atoms with Gasteiger partial charge < -0.3 is 18.9 Å². The Kier molecular flexibility index (Phi) is 7.21. The summed E-state index contributed by atoms with van der Waals surface area (Å²) in [4.78, 5) is 21.5. The number of aliphatic imine (C=N–C) groups is 2. The van der Waals surface area contributed by atoms with E-state index < -0.39 is 6.04 Å². The molecule has 3 atom stereocenters. The summed E-state index contributed by atoms with van der Waals surface area (Å²) in [5.41, 5.74) is 0.915. The molecule has 0 N–H and O–H groups in total. The molecule has 0 saturated heterocycles. The van der Waals surface area contributed by atoms with Crippen molar-refractivity contribution in [3.63, 3.8) is 0 Å². The van der Waals surface area contributed by atoms with E-state index in [2.05, 4.69) is 0 Å². The molecule has 0 spiro atoms. The van der Waals surface area contributed by atoms with Crippen molar-refractivity contribution >= 4 is 17.8 Å². The van der Waals surface area contributed by atoms with Gasteiger partial charge >= 0.3 is 5.97 Å². The number of ether oxygens (including phenoxy) is 4. The van der Waals surface area contributed by atoms with Crippen molar-refractivity contribution in [3.05, 3.63) is 29.8 Å². The highest BCUT2D eigenvalue weighted by Crippen LogP contribution is 2.32. The van der Waals surface area contributed by atoms with Gasteiger partial charge in [-0.2, -0.15) is 0 Å². The summed E-state index contributed by atoms with van der Waals surface area (Å²) < 4.78 is 21.2. The Balaban J connectivity index is 2.47. The highest BCUT2D eigenvalue weighted by atomic mass is 16.5. The lowest BCUT2D eigenvalue weighted by atomic mass is 9.87. The van der Waals surface area contributed by atoms with E-state index in [4.69, 9.17) is 28.9 Å². The van der Waals surface area contributed by atoms with Crippen LogP contribution >= 0.6 is 0 Å². The van der Waals surface area contributed by atoms with Gasteiger partial charge in [0.15, 0.2) is 0 Å². The van der Waals surface area contributed by atoms with Crippen LogP contribution in [0, 0.1) is 5.92 Å². The Bertz CT molecular complexity index is 697. The zero-order valence-electron chi connectivity index (χ0n) is 16.8. The first kappa shape index (κ1) is 20.7. The Morgan fingerprint density at radius 3 is 1.96 bits per heavy atom. The molecule has 0 fully saturated rings. The van der Waals surface area contributed by atoms with Gasteiger partial charge in [0, 0.05) is 5.92 Å². The van der Waals surface area contributed by atoms with Crippen molar-refractivity contribution in [1.82, 2.24) is 0 Å². The van der Waals surface area contributed by atoms with Crippen LogP contribution in [-0.4, -0.2) is 58.3 Å². The van der Waals surface area contributed by atoms with E-state index in [-0.39, 0.29) is 30.3 Å². The van der Waals surface area contributed by atoms with E-state index in [1.165, 1.54) is 7.11 Å². The Hall–Kier alpha value is -2.57. The average molecular weight is 376 g/mol. The molecule has 2 rings (SSSR count). The van der Waals surface area contributed by atoms with Crippen LogP contribution in [0.3, 0.4) is 0 Å². The molecule has 0 saturated carbocycles. The first-order chi connectivity index (χ1) is 12.9. The van der Waals surface area contributed by atoms with E-state index in [9.17, 15) is 4.79 Å². The van der Waals surface area contributed by atoms with Crippen molar-refractivity contribution in [2.24, 2.45) is 15.9 Å². The number of nitrogens with zero attached hydrogens (tertiary/aromatic N) is 2. The number of benzene rings is 1. The van der Waals surface area contributed by atoms with E-state index in [1.807, 2.05) is 38.1 Å². The summed E-state index contributed by atoms with van der Waals surface area (Å²) in [5, 5.41) is 0. The van der Waals surface area contributed by atoms with E-state index in [1.54, 1.807) is 21.3 Å². The normalized spacial score (nSPS) is 20.4. The van der Waals surface area contributed by atoms with Crippen LogP contribution in [0.15, 0.2) is 34.3 Å². The first-order valence-corrected chi connectivity index (χ1v) is 8.89. The summed E-state index contributed by atoms with van der Waals surface area (Å²) in [6.45, 7) is 4.09. The molecule has 7 nitrogen and oxygen atoms in total. The third-order valence-corrected chi connectivity index (χ3v) is 4.63. The summed E-state index contributed by atoms with van der Waals surface area (Å²) >= 11 is 0. The van der Waals surface area contributed by atoms with Crippen molar-refractivity contribution in [3.8, 4) is 5.75 Å². The van der Waals surface area contributed by atoms with Crippen molar-refractivity contribution < 1.29 is 23.7 Å². The van der Waals surface area contributed by atoms with Gasteiger partial charge in [-0.3, -0.25) is 4.79 Å². The molecule has 148 valence electrons. The minimum Gasteiger partial charge on any atom is -0.497 e. The quantitative estimate of drug-likeness (QED) is 0.714. The van der Waals surface area contributed by atoms with E-state index >= 15 is 0 Å². The number of esters is 1. The Morgan fingerprint density at radius 2 is 1.48 bits per heavy atom. The van der Waals surface area contributed by atoms with E-state index in [0.29, 0.717) is 11.8 Å². The molecule has 7 heteroatoms. The fourth-order valence-corrected chi connectivity index (χ4v) is 3.11. The predicted octanol–water partition coefficient (Wildman–Crippen LogP) is 2.84. The summed E-state index contributed by atoms with van der Waals surface area (Å²) in [6, 6.07) is 6.84. The summed E-state index contributed by atoms with van der Waals surface area (Å²) in [6.07, 6.45) is 0.142. The van der Waals surface area contributed by atoms with Crippen LogP contribution in [0.4, 0.5) is 0 Å². The molecule has 1 aliphatic rings.